The van der Waals surface area contributed by atoms with Crippen LogP contribution in [0.2, 0.25) is 0 Å². The summed E-state index contributed by atoms with van der Waals surface area (Å²) < 4.78 is 51.9. The van der Waals surface area contributed by atoms with Gasteiger partial charge in [-0.1, -0.05) is 12.1 Å². The number of alkyl halides is 3. The zero-order valence-corrected chi connectivity index (χ0v) is 13.5. The van der Waals surface area contributed by atoms with Gasteiger partial charge in [-0.2, -0.15) is 13.2 Å². The van der Waals surface area contributed by atoms with Crippen molar-refractivity contribution in [2.45, 2.75) is 6.18 Å². The molecule has 0 unspecified atom stereocenters. The van der Waals surface area contributed by atoms with Crippen molar-refractivity contribution >= 4 is 11.6 Å². The Morgan fingerprint density at radius 1 is 1.04 bits per heavy atom. The summed E-state index contributed by atoms with van der Waals surface area (Å²) in [5.41, 5.74) is 0.348. The lowest BCUT2D eigenvalue weighted by Crippen LogP contribution is -2.20. The standard InChI is InChI=1S/C17H16F3NO4/c1-23-12-7-11(8-13(9-12)24-2)16(22)21-14-5-3-4-6-15(14)25-10-17(18,19)20/h3-9H,10H2,1-2H3,(H,21,22). The minimum Gasteiger partial charge on any atom is -0.497 e. The van der Waals surface area contributed by atoms with Crippen molar-refractivity contribution in [1.82, 2.24) is 0 Å². The second-order valence-corrected chi connectivity index (χ2v) is 4.96. The van der Waals surface area contributed by atoms with Gasteiger partial charge in [0.05, 0.1) is 19.9 Å². The van der Waals surface area contributed by atoms with E-state index in [2.05, 4.69) is 5.32 Å². The predicted molar refractivity (Wildman–Crippen MR) is 85.5 cm³/mol. The fourth-order valence-corrected chi connectivity index (χ4v) is 1.99. The van der Waals surface area contributed by atoms with Gasteiger partial charge in [0.25, 0.3) is 5.91 Å². The van der Waals surface area contributed by atoms with Crippen molar-refractivity contribution in [3.63, 3.8) is 0 Å². The van der Waals surface area contributed by atoms with E-state index in [0.717, 1.165) is 0 Å². The van der Waals surface area contributed by atoms with Crippen molar-refractivity contribution < 1.29 is 32.2 Å². The minimum atomic E-state index is -4.47. The molecule has 134 valence electrons. The van der Waals surface area contributed by atoms with Crippen LogP contribution >= 0.6 is 0 Å². The Hall–Kier alpha value is -2.90. The maximum absolute atomic E-state index is 12.4. The molecular weight excluding hydrogens is 339 g/mol. The highest BCUT2D eigenvalue weighted by Gasteiger charge is 2.29. The van der Waals surface area contributed by atoms with Crippen molar-refractivity contribution in [3.05, 3.63) is 48.0 Å². The first-order valence-corrected chi connectivity index (χ1v) is 7.15. The van der Waals surface area contributed by atoms with Crippen LogP contribution in [0.4, 0.5) is 18.9 Å². The summed E-state index contributed by atoms with van der Waals surface area (Å²) in [5, 5.41) is 2.52. The van der Waals surface area contributed by atoms with Gasteiger partial charge in [0, 0.05) is 11.6 Å². The molecule has 5 nitrogen and oxygen atoms in total. The van der Waals surface area contributed by atoms with Crippen molar-refractivity contribution in [2.75, 3.05) is 26.1 Å². The summed E-state index contributed by atoms with van der Waals surface area (Å²) in [6, 6.07) is 10.4. The molecule has 0 bridgehead atoms. The van der Waals surface area contributed by atoms with Gasteiger partial charge in [-0.15, -0.1) is 0 Å². The number of rotatable bonds is 6. The molecule has 2 aromatic rings. The van der Waals surface area contributed by atoms with Crippen LogP contribution in [0.1, 0.15) is 10.4 Å². The Morgan fingerprint density at radius 2 is 1.64 bits per heavy atom. The van der Waals surface area contributed by atoms with Crippen LogP contribution in [-0.4, -0.2) is 32.9 Å². The van der Waals surface area contributed by atoms with Gasteiger partial charge in [0.15, 0.2) is 6.61 Å². The Morgan fingerprint density at radius 3 is 2.20 bits per heavy atom. The Bertz CT molecular complexity index is 725. The number of nitrogens with one attached hydrogen (secondary N) is 1. The van der Waals surface area contributed by atoms with Crippen LogP contribution in [0.3, 0.4) is 0 Å². The van der Waals surface area contributed by atoms with E-state index in [-0.39, 0.29) is 17.0 Å². The summed E-state index contributed by atoms with van der Waals surface area (Å²) >= 11 is 0. The maximum Gasteiger partial charge on any atom is 0.422 e. The molecule has 0 aliphatic rings. The third-order valence-corrected chi connectivity index (χ3v) is 3.14. The number of benzene rings is 2. The molecule has 0 aliphatic heterocycles. The van der Waals surface area contributed by atoms with Crippen LogP contribution in [0.5, 0.6) is 17.2 Å². The van der Waals surface area contributed by atoms with Gasteiger partial charge in [0.2, 0.25) is 0 Å². The van der Waals surface area contributed by atoms with Crippen molar-refractivity contribution in [3.8, 4) is 17.2 Å². The largest absolute Gasteiger partial charge is 0.497 e. The van der Waals surface area contributed by atoms with Gasteiger partial charge < -0.3 is 19.5 Å². The number of para-hydroxylation sites is 2. The van der Waals surface area contributed by atoms with Crippen LogP contribution in [0.25, 0.3) is 0 Å². The van der Waals surface area contributed by atoms with E-state index in [0.29, 0.717) is 11.5 Å². The molecule has 0 saturated carbocycles. The first-order valence-electron chi connectivity index (χ1n) is 7.15. The Kier molecular flexibility index (Phi) is 5.74. The van der Waals surface area contributed by atoms with E-state index >= 15 is 0 Å². The molecule has 0 spiro atoms. The van der Waals surface area contributed by atoms with Crippen LogP contribution in [0, 0.1) is 0 Å². The third-order valence-electron chi connectivity index (χ3n) is 3.14. The van der Waals surface area contributed by atoms with Gasteiger partial charge in [-0.25, -0.2) is 0 Å². The van der Waals surface area contributed by atoms with E-state index in [1.54, 1.807) is 12.1 Å². The predicted octanol–water partition coefficient (Wildman–Crippen LogP) is 3.90. The Balaban J connectivity index is 2.21. The number of amides is 1. The molecule has 0 aromatic heterocycles. The average Bonchev–Trinajstić information content (AvgIpc) is 2.59. The molecule has 8 heteroatoms. The summed E-state index contributed by atoms with van der Waals surface area (Å²) in [6.07, 6.45) is -4.47. The first kappa shape index (κ1) is 18.4. The summed E-state index contributed by atoms with van der Waals surface area (Å²) in [7, 11) is 2.88. The molecule has 0 saturated heterocycles. The molecule has 0 atom stereocenters. The molecule has 2 aromatic carbocycles. The smallest absolute Gasteiger partial charge is 0.422 e. The van der Waals surface area contributed by atoms with Crippen molar-refractivity contribution in [1.29, 1.82) is 0 Å². The highest BCUT2D eigenvalue weighted by Crippen LogP contribution is 2.28. The number of hydrogen-bond donors (Lipinski definition) is 1. The summed E-state index contributed by atoms with van der Waals surface area (Å²) in [6.45, 7) is -1.45. The monoisotopic (exact) mass is 355 g/mol. The SMILES string of the molecule is COc1cc(OC)cc(C(=O)Nc2ccccc2OCC(F)(F)F)c1. The number of hydrogen-bond acceptors (Lipinski definition) is 4. The number of halogens is 3. The molecule has 25 heavy (non-hydrogen) atoms. The maximum atomic E-state index is 12.4. The number of carbonyl (C=O) groups is 1. The van der Waals surface area contributed by atoms with Crippen LogP contribution in [0.15, 0.2) is 42.5 Å². The second-order valence-electron chi connectivity index (χ2n) is 4.96. The molecular formula is C17H16F3NO4. The second kappa shape index (κ2) is 7.78. The third kappa shape index (κ3) is 5.30. The fourth-order valence-electron chi connectivity index (χ4n) is 1.99. The highest BCUT2D eigenvalue weighted by atomic mass is 19.4. The summed E-state index contributed by atoms with van der Waals surface area (Å²) in [5.74, 6) is 0.195. The zero-order chi connectivity index (χ0) is 18.4. The van der Waals surface area contributed by atoms with Crippen LogP contribution in [-0.2, 0) is 0 Å². The van der Waals surface area contributed by atoms with Gasteiger partial charge in [-0.05, 0) is 24.3 Å². The van der Waals surface area contributed by atoms with Gasteiger partial charge >= 0.3 is 6.18 Å². The quantitative estimate of drug-likeness (QED) is 0.854. The number of carbonyl (C=O) groups excluding carboxylic acids is 1. The lowest BCUT2D eigenvalue weighted by molar-refractivity contribution is -0.153. The number of methoxy groups -OCH3 is 2. The molecule has 2 rings (SSSR count). The highest BCUT2D eigenvalue weighted by molar-refractivity contribution is 6.05. The van der Waals surface area contributed by atoms with Gasteiger partial charge in [0.1, 0.15) is 17.2 Å². The molecule has 0 fully saturated rings. The Labute approximate surface area is 142 Å². The molecule has 0 aliphatic carbocycles. The molecule has 0 heterocycles. The first-order chi connectivity index (χ1) is 11.8. The molecule has 1 amide bonds. The van der Waals surface area contributed by atoms with E-state index < -0.39 is 18.7 Å². The normalized spacial score (nSPS) is 10.9. The lowest BCUT2D eigenvalue weighted by Gasteiger charge is -2.14. The van der Waals surface area contributed by atoms with E-state index in [1.165, 1.54) is 44.6 Å². The van der Waals surface area contributed by atoms with E-state index in [9.17, 15) is 18.0 Å². The van der Waals surface area contributed by atoms with Crippen molar-refractivity contribution in [2.24, 2.45) is 0 Å². The molecule has 0 radical (unpaired) electrons. The minimum absolute atomic E-state index is 0.0805. The number of anilines is 1. The van der Waals surface area contributed by atoms with E-state index in [1.807, 2.05) is 0 Å². The molecule has 1 N–H and O–H groups in total. The summed E-state index contributed by atoms with van der Waals surface area (Å²) in [4.78, 5) is 12.4. The fraction of sp³-hybridized carbons (Fsp3) is 0.235. The lowest BCUT2D eigenvalue weighted by atomic mass is 10.1. The average molecular weight is 355 g/mol. The van der Waals surface area contributed by atoms with Crippen LogP contribution < -0.4 is 19.5 Å². The van der Waals surface area contributed by atoms with E-state index in [4.69, 9.17) is 14.2 Å². The van der Waals surface area contributed by atoms with Gasteiger partial charge in [-0.3, -0.25) is 4.79 Å². The zero-order valence-electron chi connectivity index (χ0n) is 13.5. The number of ether oxygens (including phenoxy) is 3. The topological polar surface area (TPSA) is 56.8 Å².